The number of phenolic OH excluding ortho intramolecular Hbond substituents is 1. The minimum Gasteiger partial charge on any atom is -0.504 e. The van der Waals surface area contributed by atoms with E-state index >= 15 is 0 Å². The lowest BCUT2D eigenvalue weighted by Crippen LogP contribution is -2.36. The minimum absolute atomic E-state index is 0.00636. The summed E-state index contributed by atoms with van der Waals surface area (Å²) in [5.74, 6) is -0.666. The number of carbonyl (C=O) groups is 3. The van der Waals surface area contributed by atoms with E-state index in [0.29, 0.717) is 12.0 Å². The molecule has 1 aliphatic carbocycles. The molecule has 1 atom stereocenters. The number of ketones is 3. The number of nitrogens with zero attached hydrogens (tertiary/aromatic N) is 1. The number of hydrogen-bond donors (Lipinski definition) is 1. The van der Waals surface area contributed by atoms with Crippen LogP contribution in [0.3, 0.4) is 0 Å². The Morgan fingerprint density at radius 3 is 2.41 bits per heavy atom. The third-order valence-electron chi connectivity index (χ3n) is 5.74. The molecular weight excluding hydrogens is 406 g/mol. The zero-order chi connectivity index (χ0) is 24.3. The molecule has 6 nitrogen and oxygen atoms in total. The van der Waals surface area contributed by atoms with Gasteiger partial charge in [-0.1, -0.05) is 45.1 Å². The maximum atomic E-state index is 12.9. The molecule has 1 aromatic carbocycles. The van der Waals surface area contributed by atoms with E-state index in [1.165, 1.54) is 25.3 Å². The first-order valence-corrected chi connectivity index (χ1v) is 10.2. The van der Waals surface area contributed by atoms with Gasteiger partial charge in [-0.25, -0.2) is 4.85 Å². The van der Waals surface area contributed by atoms with Gasteiger partial charge in [-0.05, 0) is 55.5 Å². The highest BCUT2D eigenvalue weighted by atomic mass is 16.5. The lowest BCUT2D eigenvalue weighted by molar-refractivity contribution is -0.133. The summed E-state index contributed by atoms with van der Waals surface area (Å²) in [6.45, 7) is 15.8. The zero-order valence-electron chi connectivity index (χ0n) is 19.4. The maximum absolute atomic E-state index is 12.9. The SMILES string of the molecule is [C-]#[N+]C1=C[C@](C)(/C=C/C(=O)C(C)(C)C(=O)/C=C/c2ccc(O)c(OC)c2)CC(C)(C)C1=O. The zero-order valence-corrected chi connectivity index (χ0v) is 19.4. The summed E-state index contributed by atoms with van der Waals surface area (Å²) in [6, 6.07) is 4.68. The standard InChI is InChI=1S/C26H29NO5/c1-24(2)16-26(5,15-18(27-6)23(24)31)13-12-22(30)25(3,4)21(29)11-9-17-8-10-19(28)20(14-17)32-7/h8-15,28H,16H2,1-5,7H3/b11-9+,13-12+/t26-/m0/s1. The Labute approximate surface area is 189 Å². The summed E-state index contributed by atoms with van der Waals surface area (Å²) >= 11 is 0. The predicted octanol–water partition coefficient (Wildman–Crippen LogP) is 4.94. The first-order valence-electron chi connectivity index (χ1n) is 10.2. The van der Waals surface area contributed by atoms with Gasteiger partial charge < -0.3 is 14.6 Å². The summed E-state index contributed by atoms with van der Waals surface area (Å²) in [5, 5.41) is 9.67. The van der Waals surface area contributed by atoms with Crippen LogP contribution in [0.2, 0.25) is 0 Å². The number of carbonyl (C=O) groups excluding carboxylic acids is 3. The van der Waals surface area contributed by atoms with Gasteiger partial charge in [0.2, 0.25) is 5.70 Å². The van der Waals surface area contributed by atoms with Gasteiger partial charge in [0.25, 0.3) is 0 Å². The van der Waals surface area contributed by atoms with E-state index in [4.69, 9.17) is 11.3 Å². The summed E-state index contributed by atoms with van der Waals surface area (Å²) < 4.78 is 5.06. The summed E-state index contributed by atoms with van der Waals surface area (Å²) in [7, 11) is 1.43. The van der Waals surface area contributed by atoms with E-state index in [2.05, 4.69) is 4.85 Å². The number of methoxy groups -OCH3 is 1. The van der Waals surface area contributed by atoms with Gasteiger partial charge in [0.15, 0.2) is 28.8 Å². The van der Waals surface area contributed by atoms with Crippen LogP contribution in [0.15, 0.2) is 48.2 Å². The van der Waals surface area contributed by atoms with Gasteiger partial charge in [-0.15, -0.1) is 0 Å². The first-order chi connectivity index (χ1) is 14.8. The normalized spacial score (nSPS) is 20.8. The molecule has 6 heteroatoms. The fraction of sp³-hybridized carbons (Fsp3) is 0.385. The van der Waals surface area contributed by atoms with Crippen molar-refractivity contribution in [2.45, 2.75) is 41.0 Å². The Morgan fingerprint density at radius 1 is 1.19 bits per heavy atom. The van der Waals surface area contributed by atoms with Gasteiger partial charge in [0.1, 0.15) is 0 Å². The van der Waals surface area contributed by atoms with Gasteiger partial charge in [0, 0.05) is 5.41 Å². The van der Waals surface area contributed by atoms with Crippen molar-refractivity contribution in [2.75, 3.05) is 7.11 Å². The van der Waals surface area contributed by atoms with Crippen LogP contribution in [0.25, 0.3) is 10.9 Å². The molecule has 0 fully saturated rings. The second kappa shape index (κ2) is 8.96. The highest BCUT2D eigenvalue weighted by molar-refractivity contribution is 6.15. The van der Waals surface area contributed by atoms with Crippen LogP contribution < -0.4 is 4.74 Å². The molecule has 0 saturated heterocycles. The monoisotopic (exact) mass is 435 g/mol. The molecule has 0 aliphatic heterocycles. The quantitative estimate of drug-likeness (QED) is 0.372. The van der Waals surface area contributed by atoms with Crippen LogP contribution in [0, 0.1) is 22.8 Å². The van der Waals surface area contributed by atoms with Crippen molar-refractivity contribution in [3.63, 3.8) is 0 Å². The Balaban J connectivity index is 2.22. The molecule has 1 aromatic rings. The first kappa shape index (κ1) is 24.8. The van der Waals surface area contributed by atoms with Crippen LogP contribution >= 0.6 is 0 Å². The van der Waals surface area contributed by atoms with Gasteiger partial charge >= 0.3 is 0 Å². The molecule has 168 valence electrons. The number of benzene rings is 1. The highest BCUT2D eigenvalue weighted by Gasteiger charge is 2.42. The molecule has 1 N–H and O–H groups in total. The van der Waals surface area contributed by atoms with Crippen molar-refractivity contribution in [3.05, 3.63) is 65.2 Å². The number of hydrogen-bond acceptors (Lipinski definition) is 5. The van der Waals surface area contributed by atoms with E-state index in [0.717, 1.165) is 0 Å². The van der Waals surface area contributed by atoms with Crippen molar-refractivity contribution in [3.8, 4) is 11.5 Å². The van der Waals surface area contributed by atoms with Gasteiger partial charge in [-0.2, -0.15) is 0 Å². The molecule has 0 radical (unpaired) electrons. The van der Waals surface area contributed by atoms with E-state index < -0.39 is 16.2 Å². The van der Waals surface area contributed by atoms with Crippen molar-refractivity contribution in [2.24, 2.45) is 16.2 Å². The Kier molecular flexibility index (Phi) is 6.94. The second-order valence-corrected chi connectivity index (χ2v) is 9.49. The highest BCUT2D eigenvalue weighted by Crippen LogP contribution is 2.44. The van der Waals surface area contributed by atoms with E-state index in [-0.39, 0.29) is 34.5 Å². The van der Waals surface area contributed by atoms with Crippen molar-refractivity contribution in [1.29, 1.82) is 0 Å². The van der Waals surface area contributed by atoms with Crippen molar-refractivity contribution >= 4 is 23.4 Å². The average molecular weight is 436 g/mol. The average Bonchev–Trinajstić information content (AvgIpc) is 2.73. The number of rotatable bonds is 7. The van der Waals surface area contributed by atoms with Crippen LogP contribution in [0.1, 0.15) is 46.6 Å². The molecule has 32 heavy (non-hydrogen) atoms. The lowest BCUT2D eigenvalue weighted by atomic mass is 9.66. The molecule has 2 rings (SSSR count). The summed E-state index contributed by atoms with van der Waals surface area (Å²) in [4.78, 5) is 41.3. The number of ether oxygens (including phenoxy) is 1. The Hall–Kier alpha value is -3.46. The molecular formula is C26H29NO5. The number of Topliss-reactive ketones (excluding diaryl/α,β-unsaturated/α-hetero) is 1. The Morgan fingerprint density at radius 2 is 1.81 bits per heavy atom. The van der Waals surface area contributed by atoms with Gasteiger partial charge in [-0.3, -0.25) is 9.59 Å². The molecule has 0 bridgehead atoms. The number of allylic oxidation sites excluding steroid dienone is 5. The Bertz CT molecular complexity index is 1080. The topological polar surface area (TPSA) is 85.0 Å². The van der Waals surface area contributed by atoms with Crippen molar-refractivity contribution in [1.82, 2.24) is 0 Å². The van der Waals surface area contributed by atoms with Crippen LogP contribution in [-0.4, -0.2) is 29.6 Å². The second-order valence-electron chi connectivity index (χ2n) is 9.49. The minimum atomic E-state index is -1.29. The molecule has 0 spiro atoms. The summed E-state index contributed by atoms with van der Waals surface area (Å²) in [6.07, 6.45) is 8.00. The third-order valence-corrected chi connectivity index (χ3v) is 5.74. The fourth-order valence-corrected chi connectivity index (χ4v) is 3.77. The van der Waals surface area contributed by atoms with Gasteiger partial charge in [0.05, 0.1) is 19.1 Å². The smallest absolute Gasteiger partial charge is 0.226 e. The van der Waals surface area contributed by atoms with E-state index in [9.17, 15) is 19.5 Å². The third kappa shape index (κ3) is 5.23. The largest absolute Gasteiger partial charge is 0.504 e. The maximum Gasteiger partial charge on any atom is 0.226 e. The van der Waals surface area contributed by atoms with Crippen molar-refractivity contribution < 1.29 is 24.2 Å². The fourth-order valence-electron chi connectivity index (χ4n) is 3.77. The van der Waals surface area contributed by atoms with Crippen LogP contribution in [0.4, 0.5) is 0 Å². The van der Waals surface area contributed by atoms with Crippen LogP contribution in [-0.2, 0) is 14.4 Å². The molecule has 0 unspecified atom stereocenters. The molecule has 0 amide bonds. The predicted molar refractivity (Wildman–Crippen MR) is 123 cm³/mol. The van der Waals surface area contributed by atoms with Crippen LogP contribution in [0.5, 0.6) is 11.5 Å². The number of phenols is 1. The number of aromatic hydroxyl groups is 1. The summed E-state index contributed by atoms with van der Waals surface area (Å²) in [5.41, 5.74) is -1.94. The lowest BCUT2D eigenvalue weighted by Gasteiger charge is -2.37. The molecule has 0 aromatic heterocycles. The van der Waals surface area contributed by atoms with E-state index in [1.807, 2.05) is 6.92 Å². The molecule has 0 saturated carbocycles. The molecule has 0 heterocycles. The molecule has 1 aliphatic rings. The van der Waals surface area contributed by atoms with E-state index in [1.54, 1.807) is 58.1 Å².